The van der Waals surface area contributed by atoms with Crippen molar-refractivity contribution in [2.45, 2.75) is 38.3 Å². The van der Waals surface area contributed by atoms with Gasteiger partial charge in [0.1, 0.15) is 0 Å². The Hall–Kier alpha value is -0.860. The van der Waals surface area contributed by atoms with Gasteiger partial charge in [-0.3, -0.25) is 0 Å². The fourth-order valence-electron chi connectivity index (χ4n) is 2.08. The fraction of sp³-hybridized carbons (Fsp3) is 0.571. The van der Waals surface area contributed by atoms with Gasteiger partial charge in [-0.1, -0.05) is 31.2 Å². The molecule has 0 heterocycles. The van der Waals surface area contributed by atoms with E-state index in [0.717, 1.165) is 19.0 Å². The summed E-state index contributed by atoms with van der Waals surface area (Å²) in [6.45, 7) is 3.14. The second kappa shape index (κ2) is 4.98. The molecule has 0 aromatic heterocycles. The van der Waals surface area contributed by atoms with Crippen LogP contribution in [0.3, 0.4) is 0 Å². The Morgan fingerprint density at radius 1 is 1.31 bits per heavy atom. The number of hydrogen-bond donors (Lipinski definition) is 1. The van der Waals surface area contributed by atoms with Crippen molar-refractivity contribution in [1.82, 2.24) is 4.90 Å². The molecule has 1 aliphatic rings. The molecule has 0 saturated heterocycles. The summed E-state index contributed by atoms with van der Waals surface area (Å²) >= 11 is 0. The first-order valence-electron chi connectivity index (χ1n) is 6.25. The lowest BCUT2D eigenvalue weighted by Crippen LogP contribution is -2.30. The van der Waals surface area contributed by atoms with Crippen LogP contribution < -0.4 is 5.73 Å². The summed E-state index contributed by atoms with van der Waals surface area (Å²) in [6.07, 6.45) is 3.79. The van der Waals surface area contributed by atoms with Crippen molar-refractivity contribution in [3.63, 3.8) is 0 Å². The van der Waals surface area contributed by atoms with E-state index in [-0.39, 0.29) is 6.04 Å². The molecule has 0 radical (unpaired) electrons. The highest BCUT2D eigenvalue weighted by Gasteiger charge is 2.27. The lowest BCUT2D eigenvalue weighted by Gasteiger charge is -2.21. The van der Waals surface area contributed by atoms with Crippen molar-refractivity contribution >= 4 is 0 Å². The minimum atomic E-state index is 0.150. The highest BCUT2D eigenvalue weighted by Crippen LogP contribution is 2.26. The molecule has 0 spiro atoms. The third kappa shape index (κ3) is 2.83. The van der Waals surface area contributed by atoms with E-state index in [0.29, 0.717) is 0 Å². The summed E-state index contributed by atoms with van der Waals surface area (Å²) in [7, 11) is 2.18. The van der Waals surface area contributed by atoms with Gasteiger partial charge in [0.05, 0.1) is 0 Å². The van der Waals surface area contributed by atoms with E-state index >= 15 is 0 Å². The van der Waals surface area contributed by atoms with E-state index in [2.05, 4.69) is 43.1 Å². The molecule has 0 bridgehead atoms. The molecule has 2 rings (SSSR count). The molecule has 88 valence electrons. The molecule has 0 amide bonds. The quantitative estimate of drug-likeness (QED) is 0.822. The van der Waals surface area contributed by atoms with Gasteiger partial charge >= 0.3 is 0 Å². The summed E-state index contributed by atoms with van der Waals surface area (Å²) in [5.41, 5.74) is 8.85. The predicted octanol–water partition coefficient (Wildman–Crippen LogP) is 2.34. The average Bonchev–Trinajstić information content (AvgIpc) is 3.13. The third-order valence-electron chi connectivity index (χ3n) is 3.47. The molecule has 1 unspecified atom stereocenters. The number of nitrogens with two attached hydrogens (primary N) is 1. The van der Waals surface area contributed by atoms with Gasteiger partial charge in [0.15, 0.2) is 0 Å². The number of benzene rings is 1. The van der Waals surface area contributed by atoms with Crippen molar-refractivity contribution in [3.8, 4) is 0 Å². The van der Waals surface area contributed by atoms with Crippen molar-refractivity contribution in [1.29, 1.82) is 0 Å². The summed E-state index contributed by atoms with van der Waals surface area (Å²) < 4.78 is 0. The van der Waals surface area contributed by atoms with Crippen LogP contribution in [0, 0.1) is 0 Å². The van der Waals surface area contributed by atoms with Crippen LogP contribution in [0.25, 0.3) is 0 Å². The molecule has 1 aliphatic carbocycles. The maximum absolute atomic E-state index is 6.21. The first-order chi connectivity index (χ1) is 7.70. The van der Waals surface area contributed by atoms with Gasteiger partial charge in [-0.2, -0.15) is 0 Å². The number of likely N-dealkylation sites (N-methyl/N-ethyl adjacent to an activating group) is 1. The van der Waals surface area contributed by atoms with Gasteiger partial charge in [0.25, 0.3) is 0 Å². The molecule has 1 aromatic carbocycles. The van der Waals surface area contributed by atoms with Crippen LogP contribution >= 0.6 is 0 Å². The van der Waals surface area contributed by atoms with E-state index in [1.165, 1.54) is 24.0 Å². The Morgan fingerprint density at radius 2 is 1.94 bits per heavy atom. The summed E-state index contributed by atoms with van der Waals surface area (Å²) in [5, 5.41) is 0. The average molecular weight is 218 g/mol. The largest absolute Gasteiger partial charge is 0.323 e. The molecule has 1 fully saturated rings. The van der Waals surface area contributed by atoms with Crippen LogP contribution in [0.1, 0.15) is 36.9 Å². The van der Waals surface area contributed by atoms with Crippen LogP contribution in [0.5, 0.6) is 0 Å². The van der Waals surface area contributed by atoms with Crippen molar-refractivity contribution in [2.75, 3.05) is 13.6 Å². The molecular weight excluding hydrogens is 196 g/mol. The smallest absolute Gasteiger partial charge is 0.0424 e. The van der Waals surface area contributed by atoms with Crippen LogP contribution in [0.4, 0.5) is 0 Å². The predicted molar refractivity (Wildman–Crippen MR) is 68.4 cm³/mol. The van der Waals surface area contributed by atoms with E-state index in [1.807, 2.05) is 0 Å². The molecule has 1 aromatic rings. The van der Waals surface area contributed by atoms with E-state index in [1.54, 1.807) is 0 Å². The Labute approximate surface area is 98.4 Å². The third-order valence-corrected chi connectivity index (χ3v) is 3.47. The zero-order valence-electron chi connectivity index (χ0n) is 10.3. The Kier molecular flexibility index (Phi) is 3.62. The van der Waals surface area contributed by atoms with Crippen molar-refractivity contribution in [2.24, 2.45) is 5.73 Å². The first kappa shape index (κ1) is 11.6. The summed E-state index contributed by atoms with van der Waals surface area (Å²) in [6, 6.07) is 9.66. The second-order valence-corrected chi connectivity index (χ2v) is 4.87. The van der Waals surface area contributed by atoms with Crippen LogP contribution in [-0.4, -0.2) is 24.5 Å². The van der Waals surface area contributed by atoms with Gasteiger partial charge in [0.2, 0.25) is 0 Å². The number of aryl methyl sites for hydroxylation is 1. The van der Waals surface area contributed by atoms with Crippen molar-refractivity contribution < 1.29 is 0 Å². The zero-order chi connectivity index (χ0) is 11.5. The molecular formula is C14H22N2. The topological polar surface area (TPSA) is 29.3 Å². The van der Waals surface area contributed by atoms with Crippen molar-refractivity contribution in [3.05, 3.63) is 35.4 Å². The standard InChI is InChI=1S/C14H22N2/c1-3-11-4-6-12(7-5-11)14(15)10-16(2)13-8-9-13/h4-7,13-14H,3,8-10,15H2,1-2H3. The number of hydrogen-bond acceptors (Lipinski definition) is 2. The molecule has 2 N–H and O–H groups in total. The van der Waals surface area contributed by atoms with Gasteiger partial charge < -0.3 is 10.6 Å². The van der Waals surface area contributed by atoms with Gasteiger partial charge in [0, 0.05) is 18.6 Å². The fourth-order valence-corrected chi connectivity index (χ4v) is 2.08. The highest BCUT2D eigenvalue weighted by atomic mass is 15.2. The minimum Gasteiger partial charge on any atom is -0.323 e. The molecule has 16 heavy (non-hydrogen) atoms. The van der Waals surface area contributed by atoms with E-state index in [4.69, 9.17) is 5.73 Å². The van der Waals surface area contributed by atoms with Gasteiger partial charge in [-0.05, 0) is 37.4 Å². The lowest BCUT2D eigenvalue weighted by atomic mass is 10.0. The summed E-state index contributed by atoms with van der Waals surface area (Å²) in [4.78, 5) is 2.39. The monoisotopic (exact) mass is 218 g/mol. The number of nitrogens with zero attached hydrogens (tertiary/aromatic N) is 1. The normalized spacial score (nSPS) is 17.8. The molecule has 1 saturated carbocycles. The van der Waals surface area contributed by atoms with E-state index < -0.39 is 0 Å². The molecule has 1 atom stereocenters. The van der Waals surface area contributed by atoms with Crippen LogP contribution in [0.2, 0.25) is 0 Å². The maximum atomic E-state index is 6.21. The molecule has 2 heteroatoms. The minimum absolute atomic E-state index is 0.150. The summed E-state index contributed by atoms with van der Waals surface area (Å²) in [5.74, 6) is 0. The molecule has 2 nitrogen and oxygen atoms in total. The second-order valence-electron chi connectivity index (χ2n) is 4.87. The molecule has 0 aliphatic heterocycles. The van der Waals surface area contributed by atoms with Gasteiger partial charge in [-0.25, -0.2) is 0 Å². The highest BCUT2D eigenvalue weighted by molar-refractivity contribution is 5.25. The van der Waals surface area contributed by atoms with Gasteiger partial charge in [-0.15, -0.1) is 0 Å². The van der Waals surface area contributed by atoms with E-state index in [9.17, 15) is 0 Å². The Balaban J connectivity index is 1.93. The Bertz CT molecular complexity index is 327. The van der Waals surface area contributed by atoms with Crippen LogP contribution in [-0.2, 0) is 6.42 Å². The first-order valence-corrected chi connectivity index (χ1v) is 6.25. The Morgan fingerprint density at radius 3 is 2.44 bits per heavy atom. The zero-order valence-corrected chi connectivity index (χ0v) is 10.3. The lowest BCUT2D eigenvalue weighted by molar-refractivity contribution is 0.303. The number of rotatable bonds is 5. The SMILES string of the molecule is CCc1ccc(C(N)CN(C)C2CC2)cc1. The van der Waals surface area contributed by atoms with Crippen LogP contribution in [0.15, 0.2) is 24.3 Å². The maximum Gasteiger partial charge on any atom is 0.0424 e.